The molecule has 1 fully saturated rings. The number of benzene rings is 2. The summed E-state index contributed by atoms with van der Waals surface area (Å²) in [5.41, 5.74) is 8.18. The second-order valence-corrected chi connectivity index (χ2v) is 10.6. The number of carbonyl (C=O) groups is 2. The molecule has 1 aliphatic rings. The molecule has 1 heterocycles. The van der Waals surface area contributed by atoms with Crippen molar-refractivity contribution in [3.8, 4) is 0 Å². The molecule has 7 nitrogen and oxygen atoms in total. The summed E-state index contributed by atoms with van der Waals surface area (Å²) >= 11 is 0. The molecule has 208 valence electrons. The van der Waals surface area contributed by atoms with Gasteiger partial charge in [-0.05, 0) is 81.9 Å². The Balaban J connectivity index is 1.93. The first kappa shape index (κ1) is 29.8. The lowest BCUT2D eigenvalue weighted by molar-refractivity contribution is 0.0751. The lowest BCUT2D eigenvalue weighted by atomic mass is 9.81. The van der Waals surface area contributed by atoms with Gasteiger partial charge >= 0.3 is 0 Å². The summed E-state index contributed by atoms with van der Waals surface area (Å²) in [7, 11) is 2.17. The van der Waals surface area contributed by atoms with Crippen LogP contribution in [0.25, 0.3) is 0 Å². The molecular formula is C31H46N4O3. The Morgan fingerprint density at radius 1 is 1.08 bits per heavy atom. The largest absolute Gasteiger partial charge is 0.391 e. The summed E-state index contributed by atoms with van der Waals surface area (Å²) in [4.78, 5) is 30.7. The highest BCUT2D eigenvalue weighted by Crippen LogP contribution is 2.32. The molecule has 0 saturated carbocycles. The molecule has 3 atom stereocenters. The van der Waals surface area contributed by atoms with Crippen LogP contribution in [-0.2, 0) is 6.42 Å². The second kappa shape index (κ2) is 15.0. The van der Waals surface area contributed by atoms with Gasteiger partial charge in [0, 0.05) is 42.7 Å². The summed E-state index contributed by atoms with van der Waals surface area (Å²) in [6, 6.07) is 15.6. The van der Waals surface area contributed by atoms with E-state index in [4.69, 9.17) is 5.73 Å². The van der Waals surface area contributed by atoms with Gasteiger partial charge in [0.05, 0.1) is 6.10 Å². The third-order valence-electron chi connectivity index (χ3n) is 7.69. The molecule has 2 aromatic rings. The highest BCUT2D eigenvalue weighted by Gasteiger charge is 2.31. The standard InChI is InChI=1S/C31H46N4O3/c1-4-18-35(19-5-2)31(38)26-15-9-14-25(30(32)37)29(26)27(21-23-11-7-6-8-12-23)28(36)22-33-17-16-24-13-10-20-34(24)3/h6-9,11-12,14-15,24,27-28,33,36H,4-5,10,13,16-22H2,1-3H3,(H2,32,37)/t24?,27-,28+/m1/s1. The molecule has 0 aromatic heterocycles. The Morgan fingerprint density at radius 3 is 2.37 bits per heavy atom. The average molecular weight is 523 g/mol. The number of aliphatic hydroxyl groups excluding tert-OH is 1. The van der Waals surface area contributed by atoms with Crippen LogP contribution in [-0.4, -0.2) is 78.6 Å². The van der Waals surface area contributed by atoms with Crippen molar-refractivity contribution in [3.63, 3.8) is 0 Å². The minimum Gasteiger partial charge on any atom is -0.391 e. The lowest BCUT2D eigenvalue weighted by Gasteiger charge is -2.30. The van der Waals surface area contributed by atoms with Gasteiger partial charge in [-0.25, -0.2) is 0 Å². The van der Waals surface area contributed by atoms with E-state index in [0.29, 0.717) is 48.8 Å². The molecular weight excluding hydrogens is 476 g/mol. The number of hydrogen-bond acceptors (Lipinski definition) is 5. The zero-order valence-corrected chi connectivity index (χ0v) is 23.4. The van der Waals surface area contributed by atoms with Crippen molar-refractivity contribution in [3.05, 3.63) is 70.8 Å². The average Bonchev–Trinajstić information content (AvgIpc) is 3.33. The number of nitrogens with one attached hydrogen (secondary N) is 1. The van der Waals surface area contributed by atoms with E-state index in [-0.39, 0.29) is 5.91 Å². The molecule has 4 N–H and O–H groups in total. The summed E-state index contributed by atoms with van der Waals surface area (Å²) in [5, 5.41) is 15.0. The first-order valence-corrected chi connectivity index (χ1v) is 14.2. The molecule has 1 aliphatic heterocycles. The summed E-state index contributed by atoms with van der Waals surface area (Å²) < 4.78 is 0. The summed E-state index contributed by atoms with van der Waals surface area (Å²) in [5.74, 6) is -1.18. The smallest absolute Gasteiger partial charge is 0.254 e. The summed E-state index contributed by atoms with van der Waals surface area (Å²) in [6.45, 7) is 7.67. The van der Waals surface area contributed by atoms with Gasteiger partial charge in [0.15, 0.2) is 0 Å². The third kappa shape index (κ3) is 7.88. The predicted octanol–water partition coefficient (Wildman–Crippen LogP) is 3.81. The van der Waals surface area contributed by atoms with Gasteiger partial charge in [0.1, 0.15) is 0 Å². The van der Waals surface area contributed by atoms with Crippen molar-refractivity contribution in [2.45, 2.75) is 70.4 Å². The number of amides is 2. The first-order chi connectivity index (χ1) is 18.4. The van der Waals surface area contributed by atoms with Crippen LogP contribution in [0.2, 0.25) is 0 Å². The zero-order chi connectivity index (χ0) is 27.5. The van der Waals surface area contributed by atoms with Crippen LogP contribution in [0.5, 0.6) is 0 Å². The second-order valence-electron chi connectivity index (χ2n) is 10.6. The summed E-state index contributed by atoms with van der Waals surface area (Å²) in [6.07, 6.45) is 4.82. The van der Waals surface area contributed by atoms with Crippen LogP contribution in [0.15, 0.2) is 48.5 Å². The zero-order valence-electron chi connectivity index (χ0n) is 23.4. The quantitative estimate of drug-likeness (QED) is 0.309. The molecule has 1 saturated heterocycles. The fourth-order valence-corrected chi connectivity index (χ4v) is 5.69. The highest BCUT2D eigenvalue weighted by molar-refractivity contribution is 6.02. The van der Waals surface area contributed by atoms with Crippen LogP contribution in [0.4, 0.5) is 0 Å². The number of likely N-dealkylation sites (tertiary alicyclic amines) is 1. The maximum atomic E-state index is 13.8. The number of carbonyl (C=O) groups excluding carboxylic acids is 2. The van der Waals surface area contributed by atoms with Crippen LogP contribution in [0.1, 0.15) is 83.7 Å². The van der Waals surface area contributed by atoms with Crippen LogP contribution >= 0.6 is 0 Å². The Hall–Kier alpha value is -2.74. The fourth-order valence-electron chi connectivity index (χ4n) is 5.69. The molecule has 0 aliphatic carbocycles. The normalized spacial score (nSPS) is 17.3. The predicted molar refractivity (Wildman–Crippen MR) is 153 cm³/mol. The van der Waals surface area contributed by atoms with E-state index in [1.165, 1.54) is 12.8 Å². The Bertz CT molecular complexity index is 1020. The Kier molecular flexibility index (Phi) is 11.8. The minimum absolute atomic E-state index is 0.116. The maximum absolute atomic E-state index is 13.8. The van der Waals surface area contributed by atoms with Gasteiger partial charge in [-0.3, -0.25) is 9.59 Å². The van der Waals surface area contributed by atoms with E-state index in [1.807, 2.05) is 49.1 Å². The van der Waals surface area contributed by atoms with E-state index in [9.17, 15) is 14.7 Å². The fraction of sp³-hybridized carbons (Fsp3) is 0.548. The molecule has 0 radical (unpaired) electrons. The lowest BCUT2D eigenvalue weighted by Crippen LogP contribution is -2.38. The van der Waals surface area contributed by atoms with E-state index in [1.54, 1.807) is 18.2 Å². The van der Waals surface area contributed by atoms with Gasteiger partial charge in [-0.15, -0.1) is 0 Å². The Labute approximate surface area is 228 Å². The monoisotopic (exact) mass is 522 g/mol. The van der Waals surface area contributed by atoms with Crippen molar-refractivity contribution >= 4 is 11.8 Å². The van der Waals surface area contributed by atoms with Gasteiger partial charge in [-0.1, -0.05) is 50.2 Å². The van der Waals surface area contributed by atoms with E-state index < -0.39 is 17.9 Å². The van der Waals surface area contributed by atoms with Crippen molar-refractivity contribution in [2.75, 3.05) is 39.8 Å². The SMILES string of the molecule is CCCN(CCC)C(=O)c1cccc(C(N)=O)c1[C@H](Cc1ccccc1)[C@@H](O)CNCCC1CCCN1C. The molecule has 7 heteroatoms. The number of rotatable bonds is 15. The van der Waals surface area contributed by atoms with Crippen molar-refractivity contribution in [1.82, 2.24) is 15.1 Å². The Morgan fingerprint density at radius 2 is 1.76 bits per heavy atom. The number of nitrogens with zero attached hydrogens (tertiary/aromatic N) is 2. The number of primary amides is 1. The van der Waals surface area contributed by atoms with Crippen LogP contribution in [0.3, 0.4) is 0 Å². The number of hydrogen-bond donors (Lipinski definition) is 3. The van der Waals surface area contributed by atoms with Gasteiger partial charge in [0.2, 0.25) is 5.91 Å². The van der Waals surface area contributed by atoms with E-state index in [0.717, 1.165) is 37.9 Å². The molecule has 38 heavy (non-hydrogen) atoms. The molecule has 0 spiro atoms. The van der Waals surface area contributed by atoms with Crippen molar-refractivity contribution in [1.29, 1.82) is 0 Å². The van der Waals surface area contributed by atoms with Crippen molar-refractivity contribution in [2.24, 2.45) is 5.73 Å². The molecule has 1 unspecified atom stereocenters. The highest BCUT2D eigenvalue weighted by atomic mass is 16.3. The van der Waals surface area contributed by atoms with Crippen LogP contribution in [0, 0.1) is 0 Å². The minimum atomic E-state index is -0.811. The molecule has 2 amide bonds. The van der Waals surface area contributed by atoms with Gasteiger partial charge in [-0.2, -0.15) is 0 Å². The van der Waals surface area contributed by atoms with Crippen LogP contribution < -0.4 is 11.1 Å². The van der Waals surface area contributed by atoms with Gasteiger partial charge in [0.25, 0.3) is 5.91 Å². The van der Waals surface area contributed by atoms with Gasteiger partial charge < -0.3 is 26.0 Å². The first-order valence-electron chi connectivity index (χ1n) is 14.2. The maximum Gasteiger partial charge on any atom is 0.254 e. The topological polar surface area (TPSA) is 98.9 Å². The molecule has 3 rings (SSSR count). The number of nitrogens with two attached hydrogens (primary N) is 1. The van der Waals surface area contributed by atoms with Crippen molar-refractivity contribution < 1.29 is 14.7 Å². The molecule has 2 aromatic carbocycles. The van der Waals surface area contributed by atoms with E-state index >= 15 is 0 Å². The molecule has 0 bridgehead atoms. The van der Waals surface area contributed by atoms with E-state index in [2.05, 4.69) is 17.3 Å². The number of aliphatic hydroxyl groups is 1. The third-order valence-corrected chi connectivity index (χ3v) is 7.69.